The standard InChI is InChI=1S/C23H25N3O4S2/c1-14-7-8-17(13-20(14)26-32(29,30)19-11-9-18(27)10-12-19)21-15(2)24-23(31-21)25-22(28)16-5-3-4-6-16/h7-13,16,26-27H,3-6H2,1-2H3,(H,24,25,28). The number of hydrogen-bond acceptors (Lipinski definition) is 6. The average molecular weight is 472 g/mol. The Balaban J connectivity index is 1.58. The van der Waals surface area contributed by atoms with E-state index in [0.29, 0.717) is 10.8 Å². The summed E-state index contributed by atoms with van der Waals surface area (Å²) in [6.45, 7) is 3.70. The van der Waals surface area contributed by atoms with Gasteiger partial charge in [0.2, 0.25) is 5.91 Å². The highest BCUT2D eigenvalue weighted by Gasteiger charge is 2.24. The van der Waals surface area contributed by atoms with Crippen molar-refractivity contribution in [3.05, 3.63) is 53.7 Å². The van der Waals surface area contributed by atoms with Gasteiger partial charge < -0.3 is 10.4 Å². The number of nitrogens with zero attached hydrogens (tertiary/aromatic N) is 1. The number of aryl methyl sites for hydroxylation is 2. The Kier molecular flexibility index (Phi) is 6.21. The number of carbonyl (C=O) groups is 1. The number of anilines is 2. The van der Waals surface area contributed by atoms with Crippen molar-refractivity contribution < 1.29 is 18.3 Å². The van der Waals surface area contributed by atoms with Gasteiger partial charge in [0.05, 0.1) is 21.2 Å². The van der Waals surface area contributed by atoms with Gasteiger partial charge in [0, 0.05) is 5.92 Å². The molecule has 2 aromatic carbocycles. The number of thiazole rings is 1. The number of benzene rings is 2. The topological polar surface area (TPSA) is 108 Å². The van der Waals surface area contributed by atoms with Gasteiger partial charge in [-0.3, -0.25) is 9.52 Å². The van der Waals surface area contributed by atoms with Crippen LogP contribution in [-0.4, -0.2) is 24.4 Å². The van der Waals surface area contributed by atoms with E-state index in [1.165, 1.54) is 35.6 Å². The van der Waals surface area contributed by atoms with Gasteiger partial charge in [0.1, 0.15) is 5.75 Å². The lowest BCUT2D eigenvalue weighted by atomic mass is 10.1. The van der Waals surface area contributed by atoms with Gasteiger partial charge in [-0.15, -0.1) is 0 Å². The van der Waals surface area contributed by atoms with Crippen molar-refractivity contribution in [1.82, 2.24) is 4.98 Å². The maximum atomic E-state index is 12.8. The van der Waals surface area contributed by atoms with Crippen molar-refractivity contribution in [2.24, 2.45) is 5.92 Å². The highest BCUT2D eigenvalue weighted by molar-refractivity contribution is 7.92. The number of sulfonamides is 1. The van der Waals surface area contributed by atoms with Crippen LogP contribution in [0.4, 0.5) is 10.8 Å². The number of rotatable bonds is 6. The molecule has 3 aromatic rings. The van der Waals surface area contributed by atoms with Crippen LogP contribution in [0.2, 0.25) is 0 Å². The number of phenols is 1. The molecule has 1 aliphatic carbocycles. The van der Waals surface area contributed by atoms with Crippen molar-refractivity contribution in [2.45, 2.75) is 44.4 Å². The molecular formula is C23H25N3O4S2. The number of carbonyl (C=O) groups excluding carboxylic acids is 1. The van der Waals surface area contributed by atoms with E-state index in [9.17, 15) is 18.3 Å². The highest BCUT2D eigenvalue weighted by Crippen LogP contribution is 2.36. The Bertz CT molecular complexity index is 1240. The SMILES string of the molecule is Cc1ccc(-c2sc(NC(=O)C3CCCC3)nc2C)cc1NS(=O)(=O)c1ccc(O)cc1. The molecule has 1 saturated carbocycles. The molecule has 0 atom stereocenters. The quantitative estimate of drug-likeness (QED) is 0.466. The highest BCUT2D eigenvalue weighted by atomic mass is 32.2. The van der Waals surface area contributed by atoms with Gasteiger partial charge in [0.25, 0.3) is 10.0 Å². The molecule has 0 unspecified atom stereocenters. The number of phenolic OH excluding ortho intramolecular Hbond substituents is 1. The third-order valence-electron chi connectivity index (χ3n) is 5.64. The number of aromatic hydroxyl groups is 1. The van der Waals surface area contributed by atoms with Gasteiger partial charge in [-0.1, -0.05) is 36.3 Å². The normalized spacial score (nSPS) is 14.4. The summed E-state index contributed by atoms with van der Waals surface area (Å²) in [4.78, 5) is 17.9. The van der Waals surface area contributed by atoms with Gasteiger partial charge >= 0.3 is 0 Å². The van der Waals surface area contributed by atoms with E-state index >= 15 is 0 Å². The van der Waals surface area contributed by atoms with Gasteiger partial charge in [0.15, 0.2) is 5.13 Å². The zero-order chi connectivity index (χ0) is 22.9. The summed E-state index contributed by atoms with van der Waals surface area (Å²) in [5.41, 5.74) is 2.82. The van der Waals surface area contributed by atoms with Crippen LogP contribution in [0.1, 0.15) is 36.9 Å². The molecular weight excluding hydrogens is 446 g/mol. The zero-order valence-electron chi connectivity index (χ0n) is 17.9. The van der Waals surface area contributed by atoms with Crippen molar-refractivity contribution in [3.63, 3.8) is 0 Å². The van der Waals surface area contributed by atoms with E-state index in [0.717, 1.165) is 47.4 Å². The minimum atomic E-state index is -3.81. The van der Waals surface area contributed by atoms with Gasteiger partial charge in [-0.05, 0) is 68.1 Å². The van der Waals surface area contributed by atoms with E-state index in [4.69, 9.17) is 0 Å². The molecule has 0 saturated heterocycles. The lowest BCUT2D eigenvalue weighted by Crippen LogP contribution is -2.20. The number of nitrogens with one attached hydrogen (secondary N) is 2. The molecule has 0 spiro atoms. The van der Waals surface area contributed by atoms with Crippen LogP contribution in [0.25, 0.3) is 10.4 Å². The Labute approximate surface area is 191 Å². The van der Waals surface area contributed by atoms with Crippen LogP contribution in [0.3, 0.4) is 0 Å². The lowest BCUT2D eigenvalue weighted by molar-refractivity contribution is -0.119. The number of hydrogen-bond donors (Lipinski definition) is 3. The second-order valence-corrected chi connectivity index (χ2v) is 10.7. The van der Waals surface area contributed by atoms with E-state index in [-0.39, 0.29) is 22.5 Å². The van der Waals surface area contributed by atoms with E-state index in [1.807, 2.05) is 26.0 Å². The van der Waals surface area contributed by atoms with Crippen molar-refractivity contribution in [2.75, 3.05) is 10.0 Å². The maximum Gasteiger partial charge on any atom is 0.261 e. The minimum absolute atomic E-state index is 0.00127. The Morgan fingerprint density at radius 2 is 1.78 bits per heavy atom. The molecule has 1 heterocycles. The predicted octanol–water partition coefficient (Wildman–Crippen LogP) is 5.06. The summed E-state index contributed by atoms with van der Waals surface area (Å²) in [5.74, 6) is 0.0793. The molecule has 0 bridgehead atoms. The Morgan fingerprint density at radius 3 is 2.47 bits per heavy atom. The summed E-state index contributed by atoms with van der Waals surface area (Å²) in [5, 5.41) is 12.9. The molecule has 1 fully saturated rings. The van der Waals surface area contributed by atoms with Crippen LogP contribution in [0.5, 0.6) is 5.75 Å². The molecule has 4 rings (SSSR count). The summed E-state index contributed by atoms with van der Waals surface area (Å²) < 4.78 is 28.2. The molecule has 168 valence electrons. The smallest absolute Gasteiger partial charge is 0.261 e. The Morgan fingerprint density at radius 1 is 1.09 bits per heavy atom. The molecule has 1 aromatic heterocycles. The average Bonchev–Trinajstić information content (AvgIpc) is 3.40. The minimum Gasteiger partial charge on any atom is -0.508 e. The second kappa shape index (κ2) is 8.91. The van der Waals surface area contributed by atoms with E-state index in [2.05, 4.69) is 15.0 Å². The third-order valence-corrected chi connectivity index (χ3v) is 8.15. The zero-order valence-corrected chi connectivity index (χ0v) is 19.5. The van der Waals surface area contributed by atoms with Crippen molar-refractivity contribution in [1.29, 1.82) is 0 Å². The van der Waals surface area contributed by atoms with Gasteiger partial charge in [-0.2, -0.15) is 0 Å². The maximum absolute atomic E-state index is 12.8. The van der Waals surface area contributed by atoms with E-state index in [1.54, 1.807) is 6.07 Å². The Hall–Kier alpha value is -2.91. The monoisotopic (exact) mass is 471 g/mol. The van der Waals surface area contributed by atoms with Crippen LogP contribution in [-0.2, 0) is 14.8 Å². The molecule has 0 aliphatic heterocycles. The van der Waals surface area contributed by atoms with Crippen LogP contribution in [0.15, 0.2) is 47.4 Å². The molecule has 32 heavy (non-hydrogen) atoms. The molecule has 1 aliphatic rings. The molecule has 0 radical (unpaired) electrons. The summed E-state index contributed by atoms with van der Waals surface area (Å²) in [6.07, 6.45) is 4.02. The fourth-order valence-corrected chi connectivity index (χ4v) is 5.90. The summed E-state index contributed by atoms with van der Waals surface area (Å²) in [6, 6.07) is 10.9. The van der Waals surface area contributed by atoms with Crippen LogP contribution in [0, 0.1) is 19.8 Å². The molecule has 7 nitrogen and oxygen atoms in total. The molecule has 9 heteroatoms. The largest absolute Gasteiger partial charge is 0.508 e. The summed E-state index contributed by atoms with van der Waals surface area (Å²) in [7, 11) is -3.81. The van der Waals surface area contributed by atoms with E-state index < -0.39 is 10.0 Å². The molecule has 3 N–H and O–H groups in total. The first kappa shape index (κ1) is 22.3. The fourth-order valence-electron chi connectivity index (χ4n) is 3.82. The van der Waals surface area contributed by atoms with Gasteiger partial charge in [-0.25, -0.2) is 13.4 Å². The first-order valence-corrected chi connectivity index (χ1v) is 12.7. The van der Waals surface area contributed by atoms with Crippen LogP contribution < -0.4 is 10.0 Å². The van der Waals surface area contributed by atoms with Crippen LogP contribution >= 0.6 is 11.3 Å². The first-order chi connectivity index (χ1) is 15.2. The first-order valence-electron chi connectivity index (χ1n) is 10.4. The number of aromatic nitrogens is 1. The third kappa shape index (κ3) is 4.78. The second-order valence-electron chi connectivity index (χ2n) is 8.03. The summed E-state index contributed by atoms with van der Waals surface area (Å²) >= 11 is 1.38. The van der Waals surface area contributed by atoms with Crippen molar-refractivity contribution >= 4 is 38.1 Å². The fraction of sp³-hybridized carbons (Fsp3) is 0.304. The lowest BCUT2D eigenvalue weighted by Gasteiger charge is -2.12. The number of amides is 1. The van der Waals surface area contributed by atoms with Crippen molar-refractivity contribution in [3.8, 4) is 16.2 Å². The molecule has 1 amide bonds. The predicted molar refractivity (Wildman–Crippen MR) is 127 cm³/mol.